The van der Waals surface area contributed by atoms with E-state index in [-0.39, 0.29) is 11.8 Å². The van der Waals surface area contributed by atoms with Gasteiger partial charge in [0.2, 0.25) is 0 Å². The van der Waals surface area contributed by atoms with Gasteiger partial charge in [-0.15, -0.1) is 10.2 Å². The van der Waals surface area contributed by atoms with E-state index in [1.54, 1.807) is 31.4 Å². The molecule has 27 heavy (non-hydrogen) atoms. The summed E-state index contributed by atoms with van der Waals surface area (Å²) in [7, 11) is 1.65. The highest BCUT2D eigenvalue weighted by Gasteiger charge is 2.29. The van der Waals surface area contributed by atoms with Crippen molar-refractivity contribution in [2.75, 3.05) is 20.2 Å². The van der Waals surface area contributed by atoms with Gasteiger partial charge in [-0.1, -0.05) is 16.5 Å². The van der Waals surface area contributed by atoms with E-state index in [0.29, 0.717) is 18.0 Å². The normalized spacial score (nSPS) is 17.1. The maximum absolute atomic E-state index is 12.6. The first-order chi connectivity index (χ1) is 13.1. The van der Waals surface area contributed by atoms with Crippen LogP contribution in [0.25, 0.3) is 10.6 Å². The average molecular weight is 384 g/mol. The number of rotatable bonds is 4. The predicted molar refractivity (Wildman–Crippen MR) is 101 cm³/mol. The standard InChI is InChI=1S/C19H20N4O3S/c1-12-10-16(22-26-12)19(24)23-9-3-4-14(11-23)18-21-20-17(27-18)13-5-7-15(25-2)8-6-13/h5-8,10,14H,3-4,9,11H2,1-2H3. The quantitative estimate of drug-likeness (QED) is 0.684. The Morgan fingerprint density at radius 3 is 2.81 bits per heavy atom. The van der Waals surface area contributed by atoms with Crippen molar-refractivity contribution in [2.24, 2.45) is 0 Å². The SMILES string of the molecule is COc1ccc(-c2nnc(C3CCCN(C(=O)c4cc(C)on4)C3)s2)cc1. The molecule has 1 aliphatic rings. The number of hydrogen-bond donors (Lipinski definition) is 0. The first-order valence-corrected chi connectivity index (χ1v) is 9.66. The Morgan fingerprint density at radius 1 is 1.30 bits per heavy atom. The van der Waals surface area contributed by atoms with Gasteiger partial charge in [0.1, 0.15) is 21.5 Å². The summed E-state index contributed by atoms with van der Waals surface area (Å²) in [6, 6.07) is 9.47. The minimum atomic E-state index is -0.0866. The molecule has 1 amide bonds. The van der Waals surface area contributed by atoms with Crippen LogP contribution < -0.4 is 4.74 Å². The van der Waals surface area contributed by atoms with Crippen molar-refractivity contribution in [3.8, 4) is 16.3 Å². The van der Waals surface area contributed by atoms with Gasteiger partial charge >= 0.3 is 0 Å². The number of methoxy groups -OCH3 is 1. The Kier molecular flexibility index (Phi) is 4.89. The zero-order valence-corrected chi connectivity index (χ0v) is 16.0. The van der Waals surface area contributed by atoms with Gasteiger partial charge in [0.25, 0.3) is 5.91 Å². The van der Waals surface area contributed by atoms with E-state index in [4.69, 9.17) is 9.26 Å². The van der Waals surface area contributed by atoms with Gasteiger partial charge in [-0.05, 0) is 44.0 Å². The van der Waals surface area contributed by atoms with Crippen LogP contribution in [-0.2, 0) is 0 Å². The summed E-state index contributed by atoms with van der Waals surface area (Å²) >= 11 is 1.58. The van der Waals surface area contributed by atoms with Gasteiger partial charge in [-0.2, -0.15) is 0 Å². The van der Waals surface area contributed by atoms with Crippen LogP contribution >= 0.6 is 11.3 Å². The second kappa shape index (κ2) is 7.48. The third-order valence-electron chi connectivity index (χ3n) is 4.68. The molecule has 4 rings (SSSR count). The van der Waals surface area contributed by atoms with Crippen molar-refractivity contribution < 1.29 is 14.1 Å². The van der Waals surface area contributed by atoms with E-state index in [2.05, 4.69) is 15.4 Å². The van der Waals surface area contributed by atoms with Crippen LogP contribution in [-0.4, -0.2) is 46.4 Å². The molecule has 8 heteroatoms. The van der Waals surface area contributed by atoms with Crippen LogP contribution in [0.3, 0.4) is 0 Å². The van der Waals surface area contributed by atoms with E-state index < -0.39 is 0 Å². The maximum Gasteiger partial charge on any atom is 0.276 e. The fourth-order valence-electron chi connectivity index (χ4n) is 3.24. The fraction of sp³-hybridized carbons (Fsp3) is 0.368. The van der Waals surface area contributed by atoms with Crippen LogP contribution in [0.4, 0.5) is 0 Å². The molecule has 0 bridgehead atoms. The second-order valence-corrected chi connectivity index (χ2v) is 7.60. The number of aromatic nitrogens is 3. The number of hydrogen-bond acceptors (Lipinski definition) is 7. The number of piperidine rings is 1. The summed E-state index contributed by atoms with van der Waals surface area (Å²) in [4.78, 5) is 14.5. The van der Waals surface area contributed by atoms with Crippen molar-refractivity contribution in [3.05, 3.63) is 46.8 Å². The van der Waals surface area contributed by atoms with Gasteiger partial charge in [0.15, 0.2) is 5.69 Å². The lowest BCUT2D eigenvalue weighted by Crippen LogP contribution is -2.39. The Morgan fingerprint density at radius 2 is 2.11 bits per heavy atom. The van der Waals surface area contributed by atoms with E-state index in [1.165, 1.54) is 0 Å². The zero-order chi connectivity index (χ0) is 18.8. The van der Waals surface area contributed by atoms with Crippen LogP contribution in [0.5, 0.6) is 5.75 Å². The molecule has 140 valence electrons. The summed E-state index contributed by atoms with van der Waals surface area (Å²) in [6.45, 7) is 3.14. The van der Waals surface area contributed by atoms with Gasteiger partial charge in [-0.3, -0.25) is 4.79 Å². The molecule has 3 aromatic rings. The van der Waals surface area contributed by atoms with Crippen LogP contribution in [0.2, 0.25) is 0 Å². The minimum Gasteiger partial charge on any atom is -0.497 e. The Hall–Kier alpha value is -2.74. The molecule has 7 nitrogen and oxygen atoms in total. The number of carbonyl (C=O) groups is 1. The van der Waals surface area contributed by atoms with Crippen molar-refractivity contribution in [1.82, 2.24) is 20.3 Å². The topological polar surface area (TPSA) is 81.4 Å². The molecule has 1 saturated heterocycles. The molecule has 2 aromatic heterocycles. The number of ether oxygens (including phenoxy) is 1. The molecule has 1 atom stereocenters. The highest BCUT2D eigenvalue weighted by Crippen LogP contribution is 2.33. The zero-order valence-electron chi connectivity index (χ0n) is 15.2. The van der Waals surface area contributed by atoms with Gasteiger partial charge in [0.05, 0.1) is 7.11 Å². The predicted octanol–water partition coefficient (Wildman–Crippen LogP) is 3.53. The lowest BCUT2D eigenvalue weighted by molar-refractivity contribution is 0.0696. The summed E-state index contributed by atoms with van der Waals surface area (Å²) in [5.41, 5.74) is 1.38. The molecule has 1 fully saturated rings. The lowest BCUT2D eigenvalue weighted by atomic mass is 9.98. The minimum absolute atomic E-state index is 0.0866. The Balaban J connectivity index is 1.48. The molecule has 1 aliphatic heterocycles. The second-order valence-electron chi connectivity index (χ2n) is 6.59. The molecule has 3 heterocycles. The van der Waals surface area contributed by atoms with Crippen molar-refractivity contribution in [1.29, 1.82) is 0 Å². The third kappa shape index (κ3) is 3.71. The number of amides is 1. The van der Waals surface area contributed by atoms with Crippen LogP contribution in [0, 0.1) is 6.92 Å². The van der Waals surface area contributed by atoms with Crippen molar-refractivity contribution in [3.63, 3.8) is 0 Å². The number of benzene rings is 1. The molecule has 1 unspecified atom stereocenters. The van der Waals surface area contributed by atoms with Crippen LogP contribution in [0.1, 0.15) is 40.0 Å². The van der Waals surface area contributed by atoms with E-state index in [9.17, 15) is 4.79 Å². The lowest BCUT2D eigenvalue weighted by Gasteiger charge is -2.30. The van der Waals surface area contributed by atoms with Gasteiger partial charge < -0.3 is 14.2 Å². The molecule has 0 saturated carbocycles. The number of nitrogens with zero attached hydrogens (tertiary/aromatic N) is 4. The molecule has 0 radical (unpaired) electrons. The highest BCUT2D eigenvalue weighted by molar-refractivity contribution is 7.14. The van der Waals surface area contributed by atoms with Gasteiger partial charge in [-0.25, -0.2) is 0 Å². The summed E-state index contributed by atoms with van der Waals surface area (Å²) < 4.78 is 10.2. The molecular formula is C19H20N4O3S. The maximum atomic E-state index is 12.6. The van der Waals surface area contributed by atoms with E-state index >= 15 is 0 Å². The first-order valence-electron chi connectivity index (χ1n) is 8.84. The van der Waals surface area contributed by atoms with Crippen molar-refractivity contribution >= 4 is 17.2 Å². The molecule has 1 aromatic carbocycles. The highest BCUT2D eigenvalue weighted by atomic mass is 32.1. The number of carbonyl (C=O) groups excluding carboxylic acids is 1. The summed E-state index contributed by atoms with van der Waals surface area (Å²) in [5, 5.41) is 14.4. The smallest absolute Gasteiger partial charge is 0.276 e. The third-order valence-corrected chi connectivity index (χ3v) is 5.82. The number of likely N-dealkylation sites (tertiary alicyclic amines) is 1. The molecule has 0 N–H and O–H groups in total. The number of aryl methyl sites for hydroxylation is 1. The van der Waals surface area contributed by atoms with Crippen molar-refractivity contribution in [2.45, 2.75) is 25.7 Å². The molecule has 0 spiro atoms. The van der Waals surface area contributed by atoms with Crippen LogP contribution in [0.15, 0.2) is 34.9 Å². The summed E-state index contributed by atoms with van der Waals surface area (Å²) in [6.07, 6.45) is 1.93. The fourth-order valence-corrected chi connectivity index (χ4v) is 4.22. The monoisotopic (exact) mass is 384 g/mol. The van der Waals surface area contributed by atoms with E-state index in [1.807, 2.05) is 29.2 Å². The average Bonchev–Trinajstić information content (AvgIpc) is 3.37. The largest absolute Gasteiger partial charge is 0.497 e. The molecule has 0 aliphatic carbocycles. The van der Waals surface area contributed by atoms with E-state index in [0.717, 1.165) is 40.7 Å². The Bertz CT molecular complexity index is 935. The Labute approximate surface area is 161 Å². The first kappa shape index (κ1) is 17.7. The molecular weight excluding hydrogens is 364 g/mol. The van der Waals surface area contributed by atoms with Gasteiger partial charge in [0, 0.05) is 30.6 Å². The summed E-state index contributed by atoms with van der Waals surface area (Å²) in [5.74, 6) is 1.56.